The van der Waals surface area contributed by atoms with Crippen LogP contribution in [0.4, 0.5) is 9.18 Å². The van der Waals surface area contributed by atoms with Gasteiger partial charge in [-0.3, -0.25) is 4.90 Å². The Hall–Kier alpha value is -3.42. The number of carbonyl (C=O) groups is 1. The second-order valence-corrected chi connectivity index (χ2v) is 10.3. The van der Waals surface area contributed by atoms with Crippen molar-refractivity contribution < 1.29 is 28.5 Å². The smallest absolute Gasteiger partial charge is 0.410 e. The first-order valence-electron chi connectivity index (χ1n) is 12.7. The van der Waals surface area contributed by atoms with Crippen molar-refractivity contribution >= 4 is 6.09 Å². The zero-order chi connectivity index (χ0) is 25.6. The van der Waals surface area contributed by atoms with Crippen LogP contribution in [0, 0.1) is 5.82 Å². The summed E-state index contributed by atoms with van der Waals surface area (Å²) < 4.78 is 30.9. The zero-order valence-corrected chi connectivity index (χ0v) is 20.7. The highest BCUT2D eigenvalue weighted by Gasteiger charge is 2.48. The Kier molecular flexibility index (Phi) is 6.13. The lowest BCUT2D eigenvalue weighted by atomic mass is 9.78. The molecule has 1 amide bonds. The Balaban J connectivity index is 1.16. The van der Waals surface area contributed by atoms with Crippen LogP contribution in [0.15, 0.2) is 66.7 Å². The minimum Gasteiger partial charge on any atom is -0.494 e. The second-order valence-electron chi connectivity index (χ2n) is 10.3. The fraction of sp³-hybridized carbons (Fsp3) is 0.367. The number of morpholine rings is 1. The molecular weight excluding hydrogens is 473 g/mol. The molecule has 3 aromatic rings. The number of piperidine rings is 1. The molecule has 2 bridgehead atoms. The van der Waals surface area contributed by atoms with E-state index in [1.807, 2.05) is 24.3 Å². The number of halogens is 1. The summed E-state index contributed by atoms with van der Waals surface area (Å²) in [5.41, 5.74) is 4.32. The van der Waals surface area contributed by atoms with Crippen molar-refractivity contribution in [3.05, 3.63) is 89.2 Å². The first-order chi connectivity index (χ1) is 18.0. The summed E-state index contributed by atoms with van der Waals surface area (Å²) in [7, 11) is 1.42. The number of carbonyl (C=O) groups excluding carboxylic acids is 1. The van der Waals surface area contributed by atoms with Crippen LogP contribution in [-0.4, -0.2) is 60.7 Å². The number of methoxy groups -OCH3 is 1. The largest absolute Gasteiger partial charge is 0.494 e. The Labute approximate surface area is 215 Å². The molecule has 0 spiro atoms. The van der Waals surface area contributed by atoms with E-state index in [1.165, 1.54) is 35.4 Å². The van der Waals surface area contributed by atoms with E-state index < -0.39 is 11.4 Å². The van der Waals surface area contributed by atoms with Gasteiger partial charge in [0.25, 0.3) is 0 Å². The third kappa shape index (κ3) is 4.36. The van der Waals surface area contributed by atoms with Gasteiger partial charge in [-0.2, -0.15) is 0 Å². The first-order valence-corrected chi connectivity index (χ1v) is 12.7. The highest BCUT2D eigenvalue weighted by Crippen LogP contribution is 2.45. The van der Waals surface area contributed by atoms with Gasteiger partial charge in [0.05, 0.1) is 38.0 Å². The molecule has 6 rings (SSSR count). The van der Waals surface area contributed by atoms with Gasteiger partial charge in [0.1, 0.15) is 6.61 Å². The number of rotatable bonds is 5. The van der Waals surface area contributed by atoms with Crippen LogP contribution in [0.1, 0.15) is 35.4 Å². The predicted octanol–water partition coefficient (Wildman–Crippen LogP) is 4.92. The maximum atomic E-state index is 14.2. The molecule has 2 unspecified atom stereocenters. The molecule has 1 N–H and O–H groups in total. The van der Waals surface area contributed by atoms with E-state index in [0.29, 0.717) is 38.0 Å². The van der Waals surface area contributed by atoms with Crippen LogP contribution < -0.4 is 4.74 Å². The number of hydrogen-bond donors (Lipinski definition) is 1. The van der Waals surface area contributed by atoms with E-state index in [-0.39, 0.29) is 36.5 Å². The minimum absolute atomic E-state index is 0.0147. The SMILES string of the molecule is COc1ccc(CC2(O)CC3COCC(C2)N3C(=O)OCC2c3ccccc3-c3ccccc32)cc1F. The van der Waals surface area contributed by atoms with Crippen LogP contribution in [-0.2, 0) is 15.9 Å². The van der Waals surface area contributed by atoms with Crippen molar-refractivity contribution in [3.8, 4) is 16.9 Å². The van der Waals surface area contributed by atoms with Gasteiger partial charge in [0.15, 0.2) is 11.6 Å². The van der Waals surface area contributed by atoms with E-state index in [4.69, 9.17) is 14.2 Å². The lowest BCUT2D eigenvalue weighted by molar-refractivity contribution is -0.132. The van der Waals surface area contributed by atoms with Crippen molar-refractivity contribution in [1.29, 1.82) is 0 Å². The number of ether oxygens (including phenoxy) is 3. The summed E-state index contributed by atoms with van der Waals surface area (Å²) in [5.74, 6) is -0.298. The van der Waals surface area contributed by atoms with Gasteiger partial charge in [-0.1, -0.05) is 54.6 Å². The molecule has 2 saturated heterocycles. The number of aliphatic hydroxyl groups is 1. The monoisotopic (exact) mass is 503 g/mol. The topological polar surface area (TPSA) is 68.2 Å². The van der Waals surface area contributed by atoms with E-state index in [2.05, 4.69) is 24.3 Å². The molecule has 0 aromatic heterocycles. The summed E-state index contributed by atoms with van der Waals surface area (Å²) in [6.45, 7) is 0.916. The summed E-state index contributed by atoms with van der Waals surface area (Å²) in [6.07, 6.45) is 0.583. The maximum absolute atomic E-state index is 14.2. The number of nitrogens with zero attached hydrogens (tertiary/aromatic N) is 1. The number of benzene rings is 3. The lowest BCUT2D eigenvalue weighted by Crippen LogP contribution is -2.64. The average Bonchev–Trinajstić information content (AvgIpc) is 3.20. The zero-order valence-electron chi connectivity index (χ0n) is 20.7. The molecule has 192 valence electrons. The molecule has 2 fully saturated rings. The van der Waals surface area contributed by atoms with Crippen LogP contribution >= 0.6 is 0 Å². The highest BCUT2D eigenvalue weighted by molar-refractivity contribution is 5.79. The predicted molar refractivity (Wildman–Crippen MR) is 136 cm³/mol. The minimum atomic E-state index is -1.07. The molecule has 1 aliphatic carbocycles. The molecule has 0 radical (unpaired) electrons. The van der Waals surface area contributed by atoms with Gasteiger partial charge in [-0.05, 0) is 52.8 Å². The molecular formula is C30H30FNO5. The Morgan fingerprint density at radius 3 is 2.24 bits per heavy atom. The number of fused-ring (bicyclic) bond motifs is 5. The normalized spacial score (nSPS) is 24.4. The second kappa shape index (κ2) is 9.47. The van der Waals surface area contributed by atoms with Gasteiger partial charge in [0, 0.05) is 12.3 Å². The average molecular weight is 504 g/mol. The van der Waals surface area contributed by atoms with Crippen LogP contribution in [0.25, 0.3) is 11.1 Å². The summed E-state index contributed by atoms with van der Waals surface area (Å²) >= 11 is 0. The molecule has 2 aliphatic heterocycles. The Morgan fingerprint density at radius 1 is 1.03 bits per heavy atom. The van der Waals surface area contributed by atoms with Crippen molar-refractivity contribution in [2.75, 3.05) is 26.9 Å². The molecule has 7 heteroatoms. The van der Waals surface area contributed by atoms with Gasteiger partial charge in [-0.25, -0.2) is 9.18 Å². The fourth-order valence-electron chi connectivity index (χ4n) is 6.38. The first kappa shape index (κ1) is 23.9. The molecule has 2 heterocycles. The Bertz CT molecular complexity index is 1270. The van der Waals surface area contributed by atoms with Crippen molar-refractivity contribution in [2.45, 2.75) is 42.9 Å². The summed E-state index contributed by atoms with van der Waals surface area (Å²) in [5, 5.41) is 11.5. The standard InChI is InChI=1S/C30H30FNO5/c1-35-28-11-10-19(12-27(28)31)13-30(34)14-20-16-36-17-21(15-30)32(20)29(33)37-18-26-24-8-4-2-6-22(24)23-7-3-5-9-25(23)26/h2-12,20-21,26,34H,13-18H2,1H3. The van der Waals surface area contributed by atoms with E-state index in [0.717, 1.165) is 0 Å². The maximum Gasteiger partial charge on any atom is 0.410 e. The molecule has 6 nitrogen and oxygen atoms in total. The quantitative estimate of drug-likeness (QED) is 0.535. The molecule has 3 aliphatic rings. The third-order valence-corrected chi connectivity index (χ3v) is 7.93. The molecule has 3 aromatic carbocycles. The van der Waals surface area contributed by atoms with E-state index >= 15 is 0 Å². The number of amides is 1. The van der Waals surface area contributed by atoms with Crippen molar-refractivity contribution in [3.63, 3.8) is 0 Å². The van der Waals surface area contributed by atoms with Gasteiger partial charge in [0.2, 0.25) is 0 Å². The van der Waals surface area contributed by atoms with Crippen LogP contribution in [0.3, 0.4) is 0 Å². The molecule has 37 heavy (non-hydrogen) atoms. The third-order valence-electron chi connectivity index (χ3n) is 7.93. The van der Waals surface area contributed by atoms with Crippen LogP contribution in [0.2, 0.25) is 0 Å². The van der Waals surface area contributed by atoms with Crippen LogP contribution in [0.5, 0.6) is 5.75 Å². The van der Waals surface area contributed by atoms with Gasteiger partial charge >= 0.3 is 6.09 Å². The molecule has 0 saturated carbocycles. The van der Waals surface area contributed by atoms with Crippen molar-refractivity contribution in [1.82, 2.24) is 4.90 Å². The summed E-state index contributed by atoms with van der Waals surface area (Å²) in [4.78, 5) is 15.1. The van der Waals surface area contributed by atoms with E-state index in [1.54, 1.807) is 17.0 Å². The Morgan fingerprint density at radius 2 is 1.65 bits per heavy atom. The molecule has 2 atom stereocenters. The van der Waals surface area contributed by atoms with Gasteiger partial charge in [-0.15, -0.1) is 0 Å². The van der Waals surface area contributed by atoms with Gasteiger partial charge < -0.3 is 19.3 Å². The van der Waals surface area contributed by atoms with E-state index in [9.17, 15) is 14.3 Å². The van der Waals surface area contributed by atoms with Crippen molar-refractivity contribution in [2.24, 2.45) is 0 Å². The summed E-state index contributed by atoms with van der Waals surface area (Å²) in [6, 6.07) is 20.6. The highest BCUT2D eigenvalue weighted by atomic mass is 19.1. The fourth-order valence-corrected chi connectivity index (χ4v) is 6.38. The lowest BCUT2D eigenvalue weighted by Gasteiger charge is -2.51. The number of hydrogen-bond acceptors (Lipinski definition) is 5.